The molecule has 4 heteroatoms. The minimum absolute atomic E-state index is 0.0793. The van der Waals surface area contributed by atoms with Crippen molar-refractivity contribution >= 4 is 37.6 Å². The van der Waals surface area contributed by atoms with Crippen molar-refractivity contribution in [2.45, 2.75) is 6.92 Å². The molecule has 0 saturated carbocycles. The molecule has 0 amide bonds. The zero-order valence-electron chi connectivity index (χ0n) is 9.08. The zero-order chi connectivity index (χ0) is 12.4. The lowest BCUT2D eigenvalue weighted by molar-refractivity contribution is 0.103. The SMILES string of the molecule is Cc1ccc(C(=O)c2ncc(Br)cc2Br)cc1. The summed E-state index contributed by atoms with van der Waals surface area (Å²) in [5, 5.41) is 0. The molecule has 0 N–H and O–H groups in total. The normalized spacial score (nSPS) is 10.3. The number of ketones is 1. The van der Waals surface area contributed by atoms with Crippen molar-refractivity contribution < 1.29 is 4.79 Å². The molecule has 0 atom stereocenters. The summed E-state index contributed by atoms with van der Waals surface area (Å²) in [5.74, 6) is -0.0793. The van der Waals surface area contributed by atoms with Crippen molar-refractivity contribution in [2.75, 3.05) is 0 Å². The van der Waals surface area contributed by atoms with Crippen molar-refractivity contribution in [3.8, 4) is 0 Å². The minimum Gasteiger partial charge on any atom is -0.287 e. The van der Waals surface area contributed by atoms with Gasteiger partial charge in [0.05, 0.1) is 0 Å². The largest absolute Gasteiger partial charge is 0.287 e. The zero-order valence-corrected chi connectivity index (χ0v) is 12.2. The fourth-order valence-electron chi connectivity index (χ4n) is 1.42. The molecule has 0 aliphatic carbocycles. The second-order valence-corrected chi connectivity index (χ2v) is 5.45. The van der Waals surface area contributed by atoms with Crippen LogP contribution in [0.2, 0.25) is 0 Å². The highest BCUT2D eigenvalue weighted by Gasteiger charge is 2.14. The average Bonchev–Trinajstić information content (AvgIpc) is 2.29. The van der Waals surface area contributed by atoms with Gasteiger partial charge in [-0.1, -0.05) is 29.8 Å². The van der Waals surface area contributed by atoms with Crippen LogP contribution in [0.25, 0.3) is 0 Å². The number of benzene rings is 1. The summed E-state index contributed by atoms with van der Waals surface area (Å²) in [4.78, 5) is 16.3. The molecule has 0 saturated heterocycles. The molecule has 0 bridgehead atoms. The van der Waals surface area contributed by atoms with Crippen LogP contribution < -0.4 is 0 Å². The van der Waals surface area contributed by atoms with Crippen molar-refractivity contribution in [3.63, 3.8) is 0 Å². The third kappa shape index (κ3) is 2.82. The van der Waals surface area contributed by atoms with E-state index in [0.29, 0.717) is 15.7 Å². The van der Waals surface area contributed by atoms with E-state index in [9.17, 15) is 4.79 Å². The maximum atomic E-state index is 12.2. The van der Waals surface area contributed by atoms with Gasteiger partial charge in [-0.05, 0) is 44.8 Å². The smallest absolute Gasteiger partial charge is 0.212 e. The Kier molecular flexibility index (Phi) is 3.74. The monoisotopic (exact) mass is 353 g/mol. The molecule has 0 aliphatic heterocycles. The first kappa shape index (κ1) is 12.5. The van der Waals surface area contributed by atoms with Gasteiger partial charge in [-0.15, -0.1) is 0 Å². The summed E-state index contributed by atoms with van der Waals surface area (Å²) < 4.78 is 1.53. The second-order valence-electron chi connectivity index (χ2n) is 3.68. The first-order valence-electron chi connectivity index (χ1n) is 5.00. The summed E-state index contributed by atoms with van der Waals surface area (Å²) in [6.07, 6.45) is 1.62. The van der Waals surface area contributed by atoms with Crippen LogP contribution in [0, 0.1) is 6.92 Å². The van der Waals surface area contributed by atoms with Crippen LogP contribution in [-0.4, -0.2) is 10.8 Å². The van der Waals surface area contributed by atoms with E-state index in [4.69, 9.17) is 0 Å². The Morgan fingerprint density at radius 3 is 2.41 bits per heavy atom. The van der Waals surface area contributed by atoms with Gasteiger partial charge < -0.3 is 0 Å². The highest BCUT2D eigenvalue weighted by Crippen LogP contribution is 2.22. The Morgan fingerprint density at radius 1 is 1.18 bits per heavy atom. The molecular weight excluding hydrogens is 346 g/mol. The van der Waals surface area contributed by atoms with Crippen molar-refractivity contribution in [1.82, 2.24) is 4.98 Å². The molecule has 1 aromatic heterocycles. The van der Waals surface area contributed by atoms with Crippen molar-refractivity contribution in [1.29, 1.82) is 0 Å². The topological polar surface area (TPSA) is 30.0 Å². The summed E-state index contributed by atoms with van der Waals surface area (Å²) in [6, 6.07) is 9.27. The summed E-state index contributed by atoms with van der Waals surface area (Å²) >= 11 is 6.65. The van der Waals surface area contributed by atoms with Crippen LogP contribution in [-0.2, 0) is 0 Å². The molecule has 2 nitrogen and oxygen atoms in total. The molecule has 17 heavy (non-hydrogen) atoms. The van der Waals surface area contributed by atoms with Crippen LogP contribution >= 0.6 is 31.9 Å². The maximum Gasteiger partial charge on any atom is 0.212 e. The number of hydrogen-bond acceptors (Lipinski definition) is 2. The Balaban J connectivity index is 2.40. The first-order valence-corrected chi connectivity index (χ1v) is 6.59. The van der Waals surface area contributed by atoms with Crippen LogP contribution in [0.3, 0.4) is 0 Å². The molecule has 0 aliphatic rings. The Bertz CT molecular complexity index is 564. The third-order valence-electron chi connectivity index (χ3n) is 2.34. The van der Waals surface area contributed by atoms with Gasteiger partial charge in [0.25, 0.3) is 0 Å². The number of aryl methyl sites for hydroxylation is 1. The summed E-state index contributed by atoms with van der Waals surface area (Å²) in [6.45, 7) is 1.99. The highest BCUT2D eigenvalue weighted by atomic mass is 79.9. The second kappa shape index (κ2) is 5.10. The van der Waals surface area contributed by atoms with Crippen molar-refractivity contribution in [3.05, 3.63) is 62.3 Å². The fraction of sp³-hybridized carbons (Fsp3) is 0.0769. The number of aromatic nitrogens is 1. The van der Waals surface area contributed by atoms with Crippen LogP contribution in [0.4, 0.5) is 0 Å². The third-order valence-corrected chi connectivity index (χ3v) is 3.37. The van der Waals surface area contributed by atoms with E-state index in [1.54, 1.807) is 6.20 Å². The Labute approximate surface area is 116 Å². The quantitative estimate of drug-likeness (QED) is 0.758. The molecule has 0 unspecified atom stereocenters. The minimum atomic E-state index is -0.0793. The molecule has 2 aromatic rings. The lowest BCUT2D eigenvalue weighted by Gasteiger charge is -2.03. The predicted molar refractivity (Wildman–Crippen MR) is 74.2 cm³/mol. The van der Waals surface area contributed by atoms with Gasteiger partial charge in [-0.3, -0.25) is 9.78 Å². The van der Waals surface area contributed by atoms with Gasteiger partial charge in [-0.25, -0.2) is 0 Å². The van der Waals surface area contributed by atoms with Gasteiger partial charge in [0, 0.05) is 20.7 Å². The van der Waals surface area contributed by atoms with Gasteiger partial charge >= 0.3 is 0 Å². The van der Waals surface area contributed by atoms with E-state index in [2.05, 4.69) is 36.8 Å². The van der Waals surface area contributed by atoms with Gasteiger partial charge in [0.2, 0.25) is 5.78 Å². The maximum absolute atomic E-state index is 12.2. The van der Waals surface area contributed by atoms with E-state index in [1.807, 2.05) is 37.3 Å². The van der Waals surface area contributed by atoms with Gasteiger partial charge in [-0.2, -0.15) is 0 Å². The number of hydrogen-bond donors (Lipinski definition) is 0. The number of carbonyl (C=O) groups excluding carboxylic acids is 1. The van der Waals surface area contributed by atoms with Crippen molar-refractivity contribution in [2.24, 2.45) is 0 Å². The average molecular weight is 355 g/mol. The lowest BCUT2D eigenvalue weighted by atomic mass is 10.1. The Hall–Kier alpha value is -1.000. The fourth-order valence-corrected chi connectivity index (χ4v) is 2.59. The molecule has 1 heterocycles. The van der Waals surface area contributed by atoms with Gasteiger partial charge in [0.15, 0.2) is 0 Å². The van der Waals surface area contributed by atoms with E-state index in [1.165, 1.54) is 0 Å². The number of carbonyl (C=O) groups is 1. The number of halogens is 2. The van der Waals surface area contributed by atoms with Gasteiger partial charge in [0.1, 0.15) is 5.69 Å². The molecule has 0 spiro atoms. The van der Waals surface area contributed by atoms with E-state index < -0.39 is 0 Å². The molecular formula is C13H9Br2NO. The number of rotatable bonds is 2. The lowest BCUT2D eigenvalue weighted by Crippen LogP contribution is -2.05. The number of nitrogens with zero attached hydrogens (tertiary/aromatic N) is 1. The first-order chi connectivity index (χ1) is 8.08. The standard InChI is InChI=1S/C13H9Br2NO/c1-8-2-4-9(5-3-8)13(17)12-11(15)6-10(14)7-16-12/h2-7H,1H3. The number of pyridine rings is 1. The molecule has 0 radical (unpaired) electrons. The Morgan fingerprint density at radius 2 is 1.82 bits per heavy atom. The van der Waals surface area contributed by atoms with Crippen LogP contribution in [0.1, 0.15) is 21.6 Å². The predicted octanol–water partition coefficient (Wildman–Crippen LogP) is 4.15. The van der Waals surface area contributed by atoms with Crippen LogP contribution in [0.15, 0.2) is 45.5 Å². The summed E-state index contributed by atoms with van der Waals surface area (Å²) in [5.41, 5.74) is 2.20. The molecule has 0 fully saturated rings. The van der Waals surface area contributed by atoms with E-state index in [-0.39, 0.29) is 5.78 Å². The molecule has 2 rings (SSSR count). The highest BCUT2D eigenvalue weighted by molar-refractivity contribution is 9.11. The molecule has 1 aromatic carbocycles. The summed E-state index contributed by atoms with van der Waals surface area (Å²) in [7, 11) is 0. The molecule has 86 valence electrons. The van der Waals surface area contributed by atoms with E-state index >= 15 is 0 Å². The van der Waals surface area contributed by atoms with Crippen LogP contribution in [0.5, 0.6) is 0 Å². The van der Waals surface area contributed by atoms with E-state index in [0.717, 1.165) is 10.0 Å².